The normalized spacial score (nSPS) is 6.29. The third-order valence-electron chi connectivity index (χ3n) is 0.241. The first-order valence-electron chi connectivity index (χ1n) is 1.39. The van der Waals surface area contributed by atoms with Crippen LogP contribution < -0.4 is 34.7 Å². The van der Waals surface area contributed by atoms with E-state index in [1.807, 2.05) is 0 Å². The van der Waals surface area contributed by atoms with Gasteiger partial charge >= 0.3 is 29.6 Å². The Balaban J connectivity index is 0. The van der Waals surface area contributed by atoms with E-state index in [9.17, 15) is 9.90 Å². The van der Waals surface area contributed by atoms with E-state index in [0.29, 0.717) is 0 Å². The van der Waals surface area contributed by atoms with Crippen molar-refractivity contribution in [3.63, 3.8) is 0 Å². The number of carboxylic acid groups (broad SMARTS) is 1. The van der Waals surface area contributed by atoms with Crippen LogP contribution in [0.2, 0.25) is 0 Å². The summed E-state index contributed by atoms with van der Waals surface area (Å²) in [7, 11) is 0. The van der Waals surface area contributed by atoms with Crippen molar-refractivity contribution < 1.29 is 39.5 Å². The molecule has 0 radical (unpaired) electrons. The van der Waals surface area contributed by atoms with Crippen LogP contribution in [0.5, 0.6) is 0 Å². The quantitative estimate of drug-likeness (QED) is 0.265. The molecule has 0 aliphatic carbocycles. The summed E-state index contributed by atoms with van der Waals surface area (Å²) in [6.07, 6.45) is 0. The van der Waals surface area contributed by atoms with Gasteiger partial charge in [0, 0.05) is 0 Å². The number of carbonyl (C=O) groups is 1. The molecule has 0 aliphatic rings. The molecule has 0 rings (SSSR count). The molecule has 3 nitrogen and oxygen atoms in total. The van der Waals surface area contributed by atoms with Crippen molar-refractivity contribution in [3.8, 4) is 0 Å². The van der Waals surface area contributed by atoms with Crippen LogP contribution in [0, 0.1) is 0 Å². The second-order valence-corrected chi connectivity index (χ2v) is 0.754. The molecule has 0 bridgehead atoms. The van der Waals surface area contributed by atoms with Gasteiger partial charge in [-0.3, -0.25) is 4.99 Å². The summed E-state index contributed by atoms with van der Waals surface area (Å²) in [4.78, 5) is 12.4. The van der Waals surface area contributed by atoms with Gasteiger partial charge in [-0.05, 0) is 6.72 Å². The molecule has 34 valence electrons. The van der Waals surface area contributed by atoms with Crippen molar-refractivity contribution >= 4 is 12.7 Å². The van der Waals surface area contributed by atoms with E-state index >= 15 is 0 Å². The zero-order chi connectivity index (χ0) is 4.99. The van der Waals surface area contributed by atoms with Gasteiger partial charge in [0.25, 0.3) is 0 Å². The number of rotatable bonds is 2. The molecular weight excluding hydrogens is 105 g/mol. The summed E-state index contributed by atoms with van der Waals surface area (Å²) in [5, 5.41) is 9.35. The maximum absolute atomic E-state index is 9.35. The van der Waals surface area contributed by atoms with Gasteiger partial charge < -0.3 is 9.90 Å². The van der Waals surface area contributed by atoms with Crippen LogP contribution in [0.4, 0.5) is 0 Å². The molecule has 0 saturated carbocycles. The maximum atomic E-state index is 9.35. The number of carboxylic acids is 1. The fourth-order valence-corrected chi connectivity index (χ4v) is 0.0913. The zero-order valence-electron chi connectivity index (χ0n) is 4.18. The van der Waals surface area contributed by atoms with Crippen LogP contribution in [0.25, 0.3) is 0 Å². The Labute approximate surface area is 63.7 Å². The van der Waals surface area contributed by atoms with Gasteiger partial charge in [-0.25, -0.2) is 0 Å². The van der Waals surface area contributed by atoms with Gasteiger partial charge in [-0.15, -0.1) is 0 Å². The maximum Gasteiger partial charge on any atom is 1.00 e. The molecular formula is C3H4NNaO2. The second kappa shape index (κ2) is 6.14. The molecule has 0 spiro atoms. The molecule has 7 heavy (non-hydrogen) atoms. The Morgan fingerprint density at radius 3 is 2.29 bits per heavy atom. The zero-order valence-corrected chi connectivity index (χ0v) is 6.18. The van der Waals surface area contributed by atoms with Crippen LogP contribution in [0.3, 0.4) is 0 Å². The van der Waals surface area contributed by atoms with Crippen molar-refractivity contribution in [1.82, 2.24) is 0 Å². The minimum atomic E-state index is -1.19. The summed E-state index contributed by atoms with van der Waals surface area (Å²) in [5.41, 5.74) is 0. The van der Waals surface area contributed by atoms with E-state index in [2.05, 4.69) is 11.7 Å². The number of hydrogen-bond donors (Lipinski definition) is 0. The van der Waals surface area contributed by atoms with Gasteiger partial charge in [0.1, 0.15) is 0 Å². The molecule has 0 aliphatic heterocycles. The van der Waals surface area contributed by atoms with E-state index in [1.54, 1.807) is 0 Å². The van der Waals surface area contributed by atoms with Crippen molar-refractivity contribution in [3.05, 3.63) is 0 Å². The number of aliphatic carboxylic acids is 1. The monoisotopic (exact) mass is 109 g/mol. The number of nitrogens with zero attached hydrogens (tertiary/aromatic N) is 1. The standard InChI is InChI=1S/C3H5NO2.Na/c1-4-2-3(5)6;/h1-2H2,(H,5,6);/q;+1/p-1. The third kappa shape index (κ3) is 10.7. The molecule has 0 aromatic rings. The molecule has 0 saturated heterocycles. The fourth-order valence-electron chi connectivity index (χ4n) is 0.0913. The molecule has 0 amide bonds. The Hall–Kier alpha value is 0.140. The summed E-state index contributed by atoms with van der Waals surface area (Å²) in [5.74, 6) is -1.19. The fraction of sp³-hybridized carbons (Fsp3) is 0.333. The number of hydrogen-bond acceptors (Lipinski definition) is 3. The summed E-state index contributed by atoms with van der Waals surface area (Å²) >= 11 is 0. The van der Waals surface area contributed by atoms with Crippen LogP contribution in [0.15, 0.2) is 4.99 Å². The van der Waals surface area contributed by atoms with E-state index in [0.717, 1.165) is 0 Å². The average Bonchev–Trinajstić information content (AvgIpc) is 1.35. The van der Waals surface area contributed by atoms with Crippen LogP contribution in [-0.2, 0) is 4.79 Å². The minimum Gasteiger partial charge on any atom is -0.548 e. The van der Waals surface area contributed by atoms with E-state index in [1.165, 1.54) is 0 Å². The molecule has 0 aromatic heterocycles. The first-order chi connectivity index (χ1) is 2.77. The van der Waals surface area contributed by atoms with Gasteiger partial charge in [0.05, 0.1) is 12.5 Å². The van der Waals surface area contributed by atoms with Crippen LogP contribution in [-0.4, -0.2) is 19.2 Å². The first-order valence-corrected chi connectivity index (χ1v) is 1.39. The number of aliphatic imine (C=N–C) groups is 1. The molecule has 0 aromatic carbocycles. The SMILES string of the molecule is C=NCC(=O)[O-].[Na+]. The molecule has 4 heteroatoms. The topological polar surface area (TPSA) is 52.5 Å². The largest absolute Gasteiger partial charge is 1.00 e. The Kier molecular flexibility index (Phi) is 8.94. The summed E-state index contributed by atoms with van der Waals surface area (Å²) < 4.78 is 0. The predicted octanol–water partition coefficient (Wildman–Crippen LogP) is -4.56. The van der Waals surface area contributed by atoms with Crippen molar-refractivity contribution in [2.75, 3.05) is 6.54 Å². The van der Waals surface area contributed by atoms with E-state index in [4.69, 9.17) is 0 Å². The van der Waals surface area contributed by atoms with Gasteiger partial charge in [0.2, 0.25) is 0 Å². The summed E-state index contributed by atoms with van der Waals surface area (Å²) in [6, 6.07) is 0. The molecule has 0 heterocycles. The van der Waals surface area contributed by atoms with Crippen molar-refractivity contribution in [1.29, 1.82) is 0 Å². The van der Waals surface area contributed by atoms with Crippen LogP contribution >= 0.6 is 0 Å². The average molecular weight is 109 g/mol. The Morgan fingerprint density at radius 2 is 2.29 bits per heavy atom. The first kappa shape index (κ1) is 10.2. The van der Waals surface area contributed by atoms with Gasteiger partial charge in [-0.2, -0.15) is 0 Å². The van der Waals surface area contributed by atoms with E-state index < -0.39 is 5.97 Å². The Morgan fingerprint density at radius 1 is 1.86 bits per heavy atom. The second-order valence-electron chi connectivity index (χ2n) is 0.754. The predicted molar refractivity (Wildman–Crippen MR) is 19.4 cm³/mol. The molecule has 0 unspecified atom stereocenters. The minimum absolute atomic E-state index is 0. The summed E-state index contributed by atoms with van der Waals surface area (Å²) in [6.45, 7) is 2.62. The van der Waals surface area contributed by atoms with Crippen LogP contribution in [0.1, 0.15) is 0 Å². The van der Waals surface area contributed by atoms with Crippen molar-refractivity contribution in [2.45, 2.75) is 0 Å². The number of carbonyl (C=O) groups excluding carboxylic acids is 1. The van der Waals surface area contributed by atoms with Gasteiger partial charge in [0.15, 0.2) is 0 Å². The molecule has 0 N–H and O–H groups in total. The Bertz CT molecular complexity index is 73.3. The third-order valence-corrected chi connectivity index (χ3v) is 0.241. The smallest absolute Gasteiger partial charge is 0.548 e. The molecule has 0 fully saturated rings. The van der Waals surface area contributed by atoms with Gasteiger partial charge in [-0.1, -0.05) is 0 Å². The molecule has 0 atom stereocenters. The van der Waals surface area contributed by atoms with E-state index in [-0.39, 0.29) is 36.1 Å². The van der Waals surface area contributed by atoms with Crippen molar-refractivity contribution in [2.24, 2.45) is 4.99 Å².